The van der Waals surface area contributed by atoms with E-state index in [-0.39, 0.29) is 17.9 Å². The molecule has 1 aliphatic heterocycles. The van der Waals surface area contributed by atoms with Crippen molar-refractivity contribution < 1.29 is 15.0 Å². The minimum Gasteiger partial charge on any atom is -0.390 e. The second kappa shape index (κ2) is 1.71. The zero-order valence-corrected chi connectivity index (χ0v) is 5.32. The average Bonchev–Trinajstić information content (AvgIpc) is 2.36. The lowest BCUT2D eigenvalue weighted by atomic mass is 10.1. The zero-order chi connectivity index (χ0) is 7.30. The van der Waals surface area contributed by atoms with Crippen LogP contribution in [-0.4, -0.2) is 34.4 Å². The summed E-state index contributed by atoms with van der Waals surface area (Å²) >= 11 is 0. The van der Waals surface area contributed by atoms with Gasteiger partial charge in [0.05, 0.1) is 18.1 Å². The molecule has 56 valence electrons. The summed E-state index contributed by atoms with van der Waals surface area (Å²) in [6, 6.07) is -0.201. The fraction of sp³-hybridized carbons (Fsp3) is 0.833. The van der Waals surface area contributed by atoms with E-state index in [2.05, 4.69) is 5.32 Å². The summed E-state index contributed by atoms with van der Waals surface area (Å²) in [6.07, 6.45) is -0.998. The van der Waals surface area contributed by atoms with Crippen LogP contribution in [0.4, 0.5) is 0 Å². The Bertz CT molecular complexity index is 180. The van der Waals surface area contributed by atoms with Gasteiger partial charge in [-0.1, -0.05) is 0 Å². The van der Waals surface area contributed by atoms with E-state index in [1.165, 1.54) is 0 Å². The molecule has 10 heavy (non-hydrogen) atoms. The number of nitrogens with one attached hydrogen (secondary N) is 1. The van der Waals surface area contributed by atoms with Crippen molar-refractivity contribution >= 4 is 5.91 Å². The Morgan fingerprint density at radius 2 is 2.10 bits per heavy atom. The van der Waals surface area contributed by atoms with Gasteiger partial charge in [0.25, 0.3) is 0 Å². The number of aliphatic hydroxyl groups is 2. The van der Waals surface area contributed by atoms with Crippen molar-refractivity contribution in [1.29, 1.82) is 0 Å². The second-order valence-electron chi connectivity index (χ2n) is 2.94. The Hall–Kier alpha value is -0.610. The van der Waals surface area contributed by atoms with Gasteiger partial charge in [0, 0.05) is 0 Å². The molecule has 1 saturated heterocycles. The molecule has 3 N–H and O–H groups in total. The number of hydrogen-bond donors (Lipinski definition) is 3. The maximum absolute atomic E-state index is 10.8. The van der Waals surface area contributed by atoms with Crippen LogP contribution in [0.15, 0.2) is 0 Å². The van der Waals surface area contributed by atoms with E-state index >= 15 is 0 Å². The predicted octanol–water partition coefficient (Wildman–Crippen LogP) is -1.77. The van der Waals surface area contributed by atoms with Gasteiger partial charge in [-0.25, -0.2) is 0 Å². The molecule has 2 fully saturated rings. The average molecular weight is 143 g/mol. The minimum atomic E-state index is -0.834. The van der Waals surface area contributed by atoms with Crippen LogP contribution in [0.25, 0.3) is 0 Å². The first-order valence-electron chi connectivity index (χ1n) is 3.36. The molecule has 0 aromatic rings. The van der Waals surface area contributed by atoms with Crippen LogP contribution in [0.5, 0.6) is 0 Å². The molecule has 1 amide bonds. The lowest BCUT2D eigenvalue weighted by molar-refractivity contribution is -0.131. The number of piperidine rings is 1. The zero-order valence-electron chi connectivity index (χ0n) is 5.32. The number of amides is 1. The number of carbonyl (C=O) groups excluding carboxylic acids is 1. The summed E-state index contributed by atoms with van der Waals surface area (Å²) in [6.45, 7) is 0. The lowest BCUT2D eigenvalue weighted by Crippen LogP contribution is -2.48. The Morgan fingerprint density at radius 1 is 1.40 bits per heavy atom. The number of carbonyl (C=O) groups is 1. The molecular formula is C6H9NO3. The van der Waals surface area contributed by atoms with Gasteiger partial charge in [-0.15, -0.1) is 0 Å². The van der Waals surface area contributed by atoms with Crippen molar-refractivity contribution in [2.24, 2.45) is 5.92 Å². The topological polar surface area (TPSA) is 69.6 Å². The molecule has 0 aromatic heterocycles. The quantitative estimate of drug-likeness (QED) is 0.375. The second-order valence-corrected chi connectivity index (χ2v) is 2.94. The molecule has 1 heterocycles. The van der Waals surface area contributed by atoms with Gasteiger partial charge in [-0.2, -0.15) is 0 Å². The molecular weight excluding hydrogens is 134 g/mol. The van der Waals surface area contributed by atoms with Gasteiger partial charge in [0.1, 0.15) is 6.10 Å². The summed E-state index contributed by atoms with van der Waals surface area (Å²) in [7, 11) is 0. The SMILES string of the molecule is O=C1N[C@H]2C[C@H]1[C@@H](O)[C@H]2O. The molecule has 2 aliphatic rings. The highest BCUT2D eigenvalue weighted by molar-refractivity contribution is 5.83. The molecule has 4 heteroatoms. The number of aliphatic hydroxyl groups excluding tert-OH is 2. The fourth-order valence-electron chi connectivity index (χ4n) is 1.72. The standard InChI is InChI=1S/C6H9NO3/c8-4-2-1-3(5(4)9)7-6(2)10/h2-5,8-9H,1H2,(H,7,10)/t2-,3-,4+,5-/m0/s1. The fourth-order valence-corrected chi connectivity index (χ4v) is 1.72. The molecule has 0 aromatic carbocycles. The lowest BCUT2D eigenvalue weighted by Gasteiger charge is -2.22. The molecule has 4 nitrogen and oxygen atoms in total. The van der Waals surface area contributed by atoms with Crippen LogP contribution in [0.2, 0.25) is 0 Å². The molecule has 4 atom stereocenters. The maximum atomic E-state index is 10.8. The highest BCUT2D eigenvalue weighted by Crippen LogP contribution is 2.32. The maximum Gasteiger partial charge on any atom is 0.226 e. The van der Waals surface area contributed by atoms with E-state index < -0.39 is 12.2 Å². The summed E-state index contributed by atoms with van der Waals surface area (Å²) in [5, 5.41) is 20.9. The van der Waals surface area contributed by atoms with Crippen molar-refractivity contribution in [1.82, 2.24) is 5.32 Å². The van der Waals surface area contributed by atoms with Gasteiger partial charge in [0.2, 0.25) is 5.91 Å². The largest absolute Gasteiger partial charge is 0.390 e. The van der Waals surface area contributed by atoms with Crippen LogP contribution in [0, 0.1) is 5.92 Å². The minimum absolute atomic E-state index is 0.122. The van der Waals surface area contributed by atoms with Gasteiger partial charge < -0.3 is 15.5 Å². The van der Waals surface area contributed by atoms with E-state index in [1.54, 1.807) is 0 Å². The van der Waals surface area contributed by atoms with Crippen LogP contribution >= 0.6 is 0 Å². The molecule has 0 unspecified atom stereocenters. The first-order valence-corrected chi connectivity index (χ1v) is 3.36. The Morgan fingerprint density at radius 3 is 2.50 bits per heavy atom. The van der Waals surface area contributed by atoms with E-state index in [1.807, 2.05) is 0 Å². The summed E-state index contributed by atoms with van der Waals surface area (Å²) in [4.78, 5) is 10.8. The normalized spacial score (nSPS) is 51.6. The molecule has 0 radical (unpaired) electrons. The van der Waals surface area contributed by atoms with Gasteiger partial charge >= 0.3 is 0 Å². The third-order valence-electron chi connectivity index (χ3n) is 2.35. The first kappa shape index (κ1) is 6.12. The summed E-state index contributed by atoms with van der Waals surface area (Å²) in [5.74, 6) is -0.484. The van der Waals surface area contributed by atoms with Crippen molar-refractivity contribution in [3.8, 4) is 0 Å². The predicted molar refractivity (Wildman–Crippen MR) is 32.1 cm³/mol. The van der Waals surface area contributed by atoms with Crippen molar-refractivity contribution in [2.75, 3.05) is 0 Å². The van der Waals surface area contributed by atoms with Crippen molar-refractivity contribution in [2.45, 2.75) is 24.7 Å². The molecule has 1 saturated carbocycles. The Labute approximate surface area is 57.9 Å². The molecule has 1 aliphatic carbocycles. The smallest absolute Gasteiger partial charge is 0.226 e. The summed E-state index contributed by atoms with van der Waals surface area (Å²) < 4.78 is 0. The third kappa shape index (κ3) is 0.552. The highest BCUT2D eigenvalue weighted by atomic mass is 16.3. The monoisotopic (exact) mass is 143 g/mol. The van der Waals surface area contributed by atoms with E-state index in [9.17, 15) is 4.79 Å². The molecule has 2 rings (SSSR count). The van der Waals surface area contributed by atoms with Crippen molar-refractivity contribution in [3.05, 3.63) is 0 Å². The molecule has 2 bridgehead atoms. The van der Waals surface area contributed by atoms with Crippen LogP contribution in [-0.2, 0) is 4.79 Å². The van der Waals surface area contributed by atoms with Crippen LogP contribution < -0.4 is 5.32 Å². The van der Waals surface area contributed by atoms with E-state index in [0.717, 1.165) is 0 Å². The van der Waals surface area contributed by atoms with Crippen molar-refractivity contribution in [3.63, 3.8) is 0 Å². The van der Waals surface area contributed by atoms with Crippen LogP contribution in [0.3, 0.4) is 0 Å². The molecule has 0 spiro atoms. The van der Waals surface area contributed by atoms with Gasteiger partial charge in [-0.3, -0.25) is 4.79 Å². The number of hydrogen-bond acceptors (Lipinski definition) is 3. The van der Waals surface area contributed by atoms with E-state index in [0.29, 0.717) is 6.42 Å². The number of rotatable bonds is 0. The number of fused-ring (bicyclic) bond motifs is 2. The van der Waals surface area contributed by atoms with E-state index in [4.69, 9.17) is 10.2 Å². The van der Waals surface area contributed by atoms with Crippen LogP contribution in [0.1, 0.15) is 6.42 Å². The third-order valence-corrected chi connectivity index (χ3v) is 2.35. The Balaban J connectivity index is 2.24. The Kier molecular flexibility index (Phi) is 1.04. The first-order chi connectivity index (χ1) is 4.70. The van der Waals surface area contributed by atoms with Gasteiger partial charge in [-0.05, 0) is 6.42 Å². The summed E-state index contributed by atoms with van der Waals surface area (Å²) in [5.41, 5.74) is 0. The highest BCUT2D eigenvalue weighted by Gasteiger charge is 2.51. The van der Waals surface area contributed by atoms with Gasteiger partial charge in [0.15, 0.2) is 0 Å².